The number of ether oxygens (including phenoxy) is 3. The SMILES string of the molecule is c1cc2c3c(c1)Oc1cncc4c1B3c1c(cncc1O4)O2. The number of pyridine rings is 2. The smallest absolute Gasteiger partial charge is 0.270 e. The fraction of sp³-hybridized carbons (Fsp3) is 0. The number of benzene rings is 1. The third-order valence-electron chi connectivity index (χ3n) is 4.38. The second-order valence-corrected chi connectivity index (χ2v) is 5.51. The lowest BCUT2D eigenvalue weighted by Crippen LogP contribution is -2.59. The maximum atomic E-state index is 6.01. The van der Waals surface area contributed by atoms with E-state index in [0.717, 1.165) is 50.9 Å². The van der Waals surface area contributed by atoms with Crippen LogP contribution in [-0.4, -0.2) is 16.7 Å². The summed E-state index contributed by atoms with van der Waals surface area (Å²) in [5.41, 5.74) is 3.07. The van der Waals surface area contributed by atoms with Crippen LogP contribution in [0.2, 0.25) is 0 Å². The highest BCUT2D eigenvalue weighted by Gasteiger charge is 2.46. The van der Waals surface area contributed by atoms with E-state index in [9.17, 15) is 0 Å². The molecule has 1 aromatic carbocycles. The van der Waals surface area contributed by atoms with Gasteiger partial charge in [-0.1, -0.05) is 6.07 Å². The zero-order valence-electron chi connectivity index (χ0n) is 11.2. The minimum absolute atomic E-state index is 0.0449. The molecular weight excluding hydrogens is 279 g/mol. The fourth-order valence-electron chi connectivity index (χ4n) is 3.54. The van der Waals surface area contributed by atoms with Crippen LogP contribution in [0.4, 0.5) is 0 Å². The first-order valence-corrected chi connectivity index (χ1v) is 7.02. The van der Waals surface area contributed by atoms with Crippen molar-refractivity contribution in [2.75, 3.05) is 0 Å². The van der Waals surface area contributed by atoms with Gasteiger partial charge in [-0.3, -0.25) is 9.97 Å². The molecule has 2 aromatic heterocycles. The van der Waals surface area contributed by atoms with Gasteiger partial charge in [-0.25, -0.2) is 0 Å². The van der Waals surface area contributed by atoms with E-state index in [2.05, 4.69) is 9.97 Å². The van der Waals surface area contributed by atoms with Gasteiger partial charge in [0, 0.05) is 16.4 Å². The standard InChI is InChI=1S/C16H7BN2O3/c1-2-8-14-9(3-1)21-11-5-19-7-13-16(11)17(14)15-10(20-8)4-18-6-12(15)22-13/h1-7H. The molecule has 0 bridgehead atoms. The van der Waals surface area contributed by atoms with Gasteiger partial charge in [0.1, 0.15) is 34.5 Å². The normalized spacial score (nSPS) is 14.5. The highest BCUT2D eigenvalue weighted by molar-refractivity contribution is 6.99. The van der Waals surface area contributed by atoms with Gasteiger partial charge in [0.05, 0.1) is 24.8 Å². The summed E-state index contributed by atoms with van der Waals surface area (Å²) in [6.45, 7) is 0.0449. The lowest BCUT2D eigenvalue weighted by atomic mass is 9.34. The van der Waals surface area contributed by atoms with E-state index in [0.29, 0.717) is 0 Å². The molecule has 5 nitrogen and oxygen atoms in total. The molecule has 0 radical (unpaired) electrons. The Labute approximate surface area is 125 Å². The van der Waals surface area contributed by atoms with Gasteiger partial charge in [0.25, 0.3) is 6.71 Å². The quantitative estimate of drug-likeness (QED) is 0.394. The molecule has 6 rings (SSSR count). The Kier molecular flexibility index (Phi) is 1.66. The predicted molar refractivity (Wildman–Crippen MR) is 79.8 cm³/mol. The van der Waals surface area contributed by atoms with Crippen LogP contribution in [0, 0.1) is 0 Å². The summed E-state index contributed by atoms with van der Waals surface area (Å²) < 4.78 is 18.0. The monoisotopic (exact) mass is 286 g/mol. The largest absolute Gasteiger partial charge is 0.457 e. The number of rotatable bonds is 0. The van der Waals surface area contributed by atoms with Crippen LogP contribution in [0.15, 0.2) is 43.0 Å². The minimum Gasteiger partial charge on any atom is -0.457 e. The Bertz CT molecular complexity index is 801. The predicted octanol–water partition coefficient (Wildman–Crippen LogP) is 1.31. The molecule has 0 N–H and O–H groups in total. The van der Waals surface area contributed by atoms with Crippen molar-refractivity contribution in [1.82, 2.24) is 9.97 Å². The molecule has 0 fully saturated rings. The zero-order chi connectivity index (χ0) is 14.3. The molecule has 0 unspecified atom stereocenters. The molecular formula is C16H7BN2O3. The van der Waals surface area contributed by atoms with Crippen LogP contribution in [-0.2, 0) is 0 Å². The molecule has 0 atom stereocenters. The van der Waals surface area contributed by atoms with Crippen LogP contribution in [0.1, 0.15) is 0 Å². The summed E-state index contributed by atoms with van der Waals surface area (Å²) in [6.07, 6.45) is 6.92. The summed E-state index contributed by atoms with van der Waals surface area (Å²) in [7, 11) is 0. The van der Waals surface area contributed by atoms with Crippen molar-refractivity contribution in [1.29, 1.82) is 0 Å². The van der Waals surface area contributed by atoms with Crippen molar-refractivity contribution in [3.63, 3.8) is 0 Å². The number of nitrogens with zero attached hydrogens (tertiary/aromatic N) is 2. The van der Waals surface area contributed by atoms with Gasteiger partial charge < -0.3 is 14.2 Å². The first-order valence-electron chi connectivity index (χ1n) is 7.02. The molecule has 0 amide bonds. The van der Waals surface area contributed by atoms with Gasteiger partial charge >= 0.3 is 0 Å². The number of hydrogen-bond donors (Lipinski definition) is 0. The topological polar surface area (TPSA) is 53.5 Å². The Morgan fingerprint density at radius 1 is 0.591 bits per heavy atom. The van der Waals surface area contributed by atoms with Crippen LogP contribution in [0.25, 0.3) is 0 Å². The van der Waals surface area contributed by atoms with Crippen molar-refractivity contribution >= 4 is 23.1 Å². The summed E-state index contributed by atoms with van der Waals surface area (Å²) in [4.78, 5) is 8.44. The molecule has 3 aromatic rings. The van der Waals surface area contributed by atoms with Crippen molar-refractivity contribution < 1.29 is 14.2 Å². The highest BCUT2D eigenvalue weighted by Crippen LogP contribution is 2.39. The third kappa shape index (κ3) is 1.09. The Morgan fingerprint density at radius 2 is 1.00 bits per heavy atom. The molecule has 0 saturated heterocycles. The Morgan fingerprint density at radius 3 is 1.50 bits per heavy atom. The van der Waals surface area contributed by atoms with E-state index in [1.54, 1.807) is 24.8 Å². The summed E-state index contributed by atoms with van der Waals surface area (Å²) in [5, 5.41) is 0. The summed E-state index contributed by atoms with van der Waals surface area (Å²) >= 11 is 0. The first-order chi connectivity index (χ1) is 10.9. The van der Waals surface area contributed by atoms with Gasteiger partial charge in [-0.2, -0.15) is 0 Å². The number of aromatic nitrogens is 2. The first kappa shape index (κ1) is 10.7. The van der Waals surface area contributed by atoms with Crippen LogP contribution < -0.4 is 30.6 Å². The van der Waals surface area contributed by atoms with Crippen molar-refractivity contribution in [3.05, 3.63) is 43.0 Å². The molecule has 6 heteroatoms. The summed E-state index contributed by atoms with van der Waals surface area (Å²) in [6, 6.07) is 5.84. The van der Waals surface area contributed by atoms with E-state index >= 15 is 0 Å². The molecule has 3 aliphatic heterocycles. The molecule has 22 heavy (non-hydrogen) atoms. The number of hydrogen-bond acceptors (Lipinski definition) is 5. The van der Waals surface area contributed by atoms with E-state index < -0.39 is 0 Å². The maximum Gasteiger partial charge on any atom is 0.270 e. The minimum atomic E-state index is 0.0449. The average Bonchev–Trinajstić information content (AvgIpc) is 2.55. The lowest BCUT2D eigenvalue weighted by molar-refractivity contribution is 0.437. The Balaban J connectivity index is 1.80. The van der Waals surface area contributed by atoms with Gasteiger partial charge in [0.2, 0.25) is 0 Å². The lowest BCUT2D eigenvalue weighted by Gasteiger charge is -2.36. The molecule has 102 valence electrons. The molecule has 3 aliphatic rings. The Hall–Kier alpha value is -3.02. The third-order valence-corrected chi connectivity index (χ3v) is 4.38. The van der Waals surface area contributed by atoms with Crippen molar-refractivity contribution in [2.45, 2.75) is 0 Å². The van der Waals surface area contributed by atoms with Crippen LogP contribution in [0.5, 0.6) is 34.5 Å². The van der Waals surface area contributed by atoms with Gasteiger partial charge in [-0.05, 0) is 12.1 Å². The molecule has 0 spiro atoms. The zero-order valence-corrected chi connectivity index (χ0v) is 11.2. The van der Waals surface area contributed by atoms with E-state index in [1.165, 1.54) is 0 Å². The second-order valence-electron chi connectivity index (χ2n) is 5.51. The molecule has 0 aliphatic carbocycles. The van der Waals surface area contributed by atoms with Crippen LogP contribution in [0.3, 0.4) is 0 Å². The van der Waals surface area contributed by atoms with E-state index in [1.807, 2.05) is 18.2 Å². The van der Waals surface area contributed by atoms with Gasteiger partial charge in [0.15, 0.2) is 0 Å². The van der Waals surface area contributed by atoms with Crippen LogP contribution >= 0.6 is 0 Å². The van der Waals surface area contributed by atoms with E-state index in [-0.39, 0.29) is 6.71 Å². The molecule has 0 saturated carbocycles. The maximum absolute atomic E-state index is 6.01. The summed E-state index contributed by atoms with van der Waals surface area (Å²) in [5.74, 6) is 4.53. The van der Waals surface area contributed by atoms with E-state index in [4.69, 9.17) is 14.2 Å². The van der Waals surface area contributed by atoms with Crippen molar-refractivity contribution in [2.24, 2.45) is 0 Å². The second kappa shape index (κ2) is 3.41. The average molecular weight is 286 g/mol. The fourth-order valence-corrected chi connectivity index (χ4v) is 3.54. The van der Waals surface area contributed by atoms with Crippen molar-refractivity contribution in [3.8, 4) is 34.5 Å². The van der Waals surface area contributed by atoms with Gasteiger partial charge in [-0.15, -0.1) is 0 Å². The highest BCUT2D eigenvalue weighted by atomic mass is 16.5. The molecule has 5 heterocycles.